The molecule has 0 N–H and O–H groups in total. The predicted molar refractivity (Wildman–Crippen MR) is 52.9 cm³/mol. The number of thioether (sulfide) groups is 1. The summed E-state index contributed by atoms with van der Waals surface area (Å²) in [6.45, 7) is 0. The van der Waals surface area contributed by atoms with Crippen LogP contribution in [-0.2, 0) is 0 Å². The Morgan fingerprint density at radius 3 is 3.08 bits per heavy atom. The average Bonchev–Trinajstić information content (AvgIpc) is 2.56. The normalized spacial score (nSPS) is 21.6. The van der Waals surface area contributed by atoms with Gasteiger partial charge in [-0.2, -0.15) is 0 Å². The average molecular weight is 199 g/mol. The van der Waals surface area contributed by atoms with E-state index in [1.54, 1.807) is 17.8 Å². The van der Waals surface area contributed by atoms with Crippen LogP contribution in [0.2, 0.25) is 5.15 Å². The second-order valence-electron chi connectivity index (χ2n) is 2.40. The summed E-state index contributed by atoms with van der Waals surface area (Å²) in [5.74, 6) is 0.971. The third-order valence-electron chi connectivity index (χ3n) is 1.56. The molecule has 1 aromatic heterocycles. The molecule has 0 saturated carbocycles. The van der Waals surface area contributed by atoms with Gasteiger partial charge in [0.05, 0.1) is 5.69 Å². The zero-order chi connectivity index (χ0) is 8.39. The third kappa shape index (κ3) is 1.62. The number of hydrogen-bond donors (Lipinski definition) is 0. The fourth-order valence-corrected chi connectivity index (χ4v) is 2.04. The topological polar surface area (TPSA) is 25.2 Å². The summed E-state index contributed by atoms with van der Waals surface area (Å²) in [6.07, 6.45) is 1.91. The number of hydrogen-bond acceptors (Lipinski definition) is 3. The third-order valence-corrected chi connectivity index (χ3v) is 2.79. The molecule has 2 heterocycles. The molecule has 2 nitrogen and oxygen atoms in total. The highest BCUT2D eigenvalue weighted by molar-refractivity contribution is 8.00. The summed E-state index contributed by atoms with van der Waals surface area (Å²) in [6, 6.07) is 5.62. The van der Waals surface area contributed by atoms with E-state index in [9.17, 15) is 0 Å². The van der Waals surface area contributed by atoms with E-state index in [-0.39, 0.29) is 5.37 Å². The zero-order valence-electron chi connectivity index (χ0n) is 6.27. The van der Waals surface area contributed by atoms with Gasteiger partial charge in [0.1, 0.15) is 10.5 Å². The second-order valence-corrected chi connectivity index (χ2v) is 3.90. The van der Waals surface area contributed by atoms with Crippen LogP contribution in [0.5, 0.6) is 0 Å². The summed E-state index contributed by atoms with van der Waals surface area (Å²) >= 11 is 7.51. The summed E-state index contributed by atoms with van der Waals surface area (Å²) in [7, 11) is 0. The monoisotopic (exact) mass is 198 g/mol. The van der Waals surface area contributed by atoms with E-state index in [0.717, 1.165) is 11.4 Å². The number of rotatable bonds is 1. The highest BCUT2D eigenvalue weighted by atomic mass is 35.5. The van der Waals surface area contributed by atoms with Crippen LogP contribution < -0.4 is 0 Å². The van der Waals surface area contributed by atoms with E-state index >= 15 is 0 Å². The smallest absolute Gasteiger partial charge is 0.137 e. The first-order chi connectivity index (χ1) is 5.86. The quantitative estimate of drug-likeness (QED) is 0.648. The first-order valence-corrected chi connectivity index (χ1v) is 5.04. The molecular formula is C8H7ClN2S. The molecule has 0 aromatic carbocycles. The molecule has 1 aliphatic rings. The molecule has 0 spiro atoms. The molecule has 0 saturated heterocycles. The van der Waals surface area contributed by atoms with Gasteiger partial charge in [-0.3, -0.25) is 4.99 Å². The number of nitrogens with zero attached hydrogens (tertiary/aromatic N) is 2. The zero-order valence-corrected chi connectivity index (χ0v) is 7.85. The van der Waals surface area contributed by atoms with Crippen LogP contribution in [-0.4, -0.2) is 17.0 Å². The Labute approximate surface area is 80.1 Å². The van der Waals surface area contributed by atoms with Gasteiger partial charge in [-0.25, -0.2) is 4.98 Å². The molecule has 62 valence electrons. The molecule has 0 aliphatic carbocycles. The van der Waals surface area contributed by atoms with Gasteiger partial charge in [-0.05, 0) is 12.1 Å². The Hall–Kier alpha value is -0.540. The van der Waals surface area contributed by atoms with Gasteiger partial charge >= 0.3 is 0 Å². The largest absolute Gasteiger partial charge is 0.276 e. The van der Waals surface area contributed by atoms with Gasteiger partial charge in [0.2, 0.25) is 0 Å². The van der Waals surface area contributed by atoms with E-state index in [0.29, 0.717) is 5.15 Å². The van der Waals surface area contributed by atoms with Crippen LogP contribution >= 0.6 is 23.4 Å². The number of pyridine rings is 1. The first kappa shape index (κ1) is 8.08. The Kier molecular flexibility index (Phi) is 2.33. The van der Waals surface area contributed by atoms with Crippen LogP contribution in [0, 0.1) is 0 Å². The van der Waals surface area contributed by atoms with Crippen molar-refractivity contribution in [3.63, 3.8) is 0 Å². The van der Waals surface area contributed by atoms with Gasteiger partial charge in [0, 0.05) is 12.0 Å². The minimum atomic E-state index is 0.156. The lowest BCUT2D eigenvalue weighted by Crippen LogP contribution is -1.90. The van der Waals surface area contributed by atoms with Gasteiger partial charge in [0.25, 0.3) is 0 Å². The number of halogens is 1. The maximum absolute atomic E-state index is 5.75. The van der Waals surface area contributed by atoms with Gasteiger partial charge < -0.3 is 0 Å². The molecule has 0 bridgehead atoms. The Balaban J connectivity index is 2.27. The molecule has 1 aromatic rings. The van der Waals surface area contributed by atoms with Gasteiger partial charge in [-0.1, -0.05) is 17.7 Å². The SMILES string of the molecule is Clc1cccc(C2N=CCS2)n1. The molecular weight excluding hydrogens is 192 g/mol. The highest BCUT2D eigenvalue weighted by Crippen LogP contribution is 2.32. The predicted octanol–water partition coefficient (Wildman–Crippen LogP) is 2.55. The molecule has 1 aliphatic heterocycles. The van der Waals surface area contributed by atoms with Crippen molar-refractivity contribution in [3.05, 3.63) is 29.0 Å². The number of aromatic nitrogens is 1. The minimum Gasteiger partial charge on any atom is -0.276 e. The lowest BCUT2D eigenvalue weighted by molar-refractivity contribution is 0.979. The lowest BCUT2D eigenvalue weighted by Gasteiger charge is -2.04. The van der Waals surface area contributed by atoms with Crippen LogP contribution in [0.15, 0.2) is 23.2 Å². The van der Waals surface area contributed by atoms with Crippen molar-refractivity contribution in [2.45, 2.75) is 5.37 Å². The van der Waals surface area contributed by atoms with E-state index in [1.165, 1.54) is 0 Å². The summed E-state index contributed by atoms with van der Waals surface area (Å²) in [5, 5.41) is 0.693. The maximum atomic E-state index is 5.75. The van der Waals surface area contributed by atoms with Crippen LogP contribution in [0.3, 0.4) is 0 Å². The van der Waals surface area contributed by atoms with E-state index in [4.69, 9.17) is 11.6 Å². The summed E-state index contributed by atoms with van der Waals surface area (Å²) in [4.78, 5) is 8.45. The van der Waals surface area contributed by atoms with E-state index < -0.39 is 0 Å². The minimum absolute atomic E-state index is 0.156. The van der Waals surface area contributed by atoms with Crippen LogP contribution in [0.25, 0.3) is 0 Å². The summed E-state index contributed by atoms with van der Waals surface area (Å²) < 4.78 is 0. The first-order valence-electron chi connectivity index (χ1n) is 3.62. The van der Waals surface area contributed by atoms with Crippen molar-refractivity contribution < 1.29 is 0 Å². The van der Waals surface area contributed by atoms with Crippen molar-refractivity contribution in [1.29, 1.82) is 0 Å². The number of aliphatic imine (C=N–C) groups is 1. The van der Waals surface area contributed by atoms with E-state index in [2.05, 4.69) is 9.98 Å². The van der Waals surface area contributed by atoms with Crippen molar-refractivity contribution in [2.75, 3.05) is 5.75 Å². The maximum Gasteiger partial charge on any atom is 0.137 e. The fourth-order valence-electron chi connectivity index (χ4n) is 1.04. The van der Waals surface area contributed by atoms with Crippen LogP contribution in [0.1, 0.15) is 11.1 Å². The molecule has 0 fully saturated rings. The van der Waals surface area contributed by atoms with Crippen molar-refractivity contribution >= 4 is 29.6 Å². The Morgan fingerprint density at radius 2 is 2.42 bits per heavy atom. The molecule has 1 atom stereocenters. The van der Waals surface area contributed by atoms with Crippen molar-refractivity contribution in [3.8, 4) is 0 Å². The van der Waals surface area contributed by atoms with Gasteiger partial charge in [-0.15, -0.1) is 11.8 Å². The van der Waals surface area contributed by atoms with Gasteiger partial charge in [0.15, 0.2) is 0 Å². The Bertz CT molecular complexity index is 314. The molecule has 4 heteroatoms. The molecule has 0 radical (unpaired) electrons. The summed E-state index contributed by atoms with van der Waals surface area (Å²) in [5.41, 5.74) is 0.946. The fraction of sp³-hybridized carbons (Fsp3) is 0.250. The van der Waals surface area contributed by atoms with Crippen molar-refractivity contribution in [2.24, 2.45) is 4.99 Å². The van der Waals surface area contributed by atoms with Crippen LogP contribution in [0.4, 0.5) is 0 Å². The molecule has 0 amide bonds. The highest BCUT2D eigenvalue weighted by Gasteiger charge is 2.14. The van der Waals surface area contributed by atoms with Crippen molar-refractivity contribution in [1.82, 2.24) is 4.98 Å². The van der Waals surface area contributed by atoms with E-state index in [1.807, 2.05) is 18.3 Å². The molecule has 12 heavy (non-hydrogen) atoms. The molecule has 1 unspecified atom stereocenters. The molecule has 2 rings (SSSR count). The lowest BCUT2D eigenvalue weighted by atomic mass is 10.3. The Morgan fingerprint density at radius 1 is 1.50 bits per heavy atom. The standard InChI is InChI=1S/C8H7ClN2S/c9-7-3-1-2-6(11-7)8-10-4-5-12-8/h1-4,8H,5H2. The second kappa shape index (κ2) is 3.46.